The van der Waals surface area contributed by atoms with Crippen LogP contribution >= 0.6 is 11.3 Å². The zero-order valence-corrected chi connectivity index (χ0v) is 18.2. The molecule has 0 unspecified atom stereocenters. The number of thiophene rings is 1. The number of anilines is 4. The van der Waals surface area contributed by atoms with Gasteiger partial charge in [0.05, 0.1) is 30.7 Å². The first kappa shape index (κ1) is 18.2. The van der Waals surface area contributed by atoms with Crippen molar-refractivity contribution in [2.75, 3.05) is 42.1 Å². The fourth-order valence-corrected chi connectivity index (χ4v) is 5.24. The molecule has 0 fully saturated rings. The number of nitrogens with zero attached hydrogens (tertiary/aromatic N) is 4. The Morgan fingerprint density at radius 2 is 1.68 bits per heavy atom. The summed E-state index contributed by atoms with van der Waals surface area (Å²) < 4.78 is 11.9. The molecule has 6 nitrogen and oxygen atoms in total. The third-order valence-electron chi connectivity index (χ3n) is 5.64. The SMILES string of the molecule is CN1C=CN(c2cccc(Oc3cccc(N4CN(C)c5sc6occc6c54)c3)c2)C1. The van der Waals surface area contributed by atoms with Crippen LogP contribution in [0.25, 0.3) is 10.3 Å². The average molecular weight is 431 g/mol. The summed E-state index contributed by atoms with van der Waals surface area (Å²) in [5.41, 5.74) is 3.42. The molecule has 2 aromatic heterocycles. The van der Waals surface area contributed by atoms with Gasteiger partial charge in [-0.3, -0.25) is 0 Å². The van der Waals surface area contributed by atoms with Crippen LogP contribution in [-0.4, -0.2) is 32.3 Å². The van der Waals surface area contributed by atoms with Crippen LogP contribution in [0.4, 0.5) is 22.1 Å². The van der Waals surface area contributed by atoms with Gasteiger partial charge in [0.15, 0.2) is 4.90 Å². The fraction of sp³-hybridized carbons (Fsp3) is 0.167. The van der Waals surface area contributed by atoms with E-state index in [0.29, 0.717) is 0 Å². The van der Waals surface area contributed by atoms with E-state index in [9.17, 15) is 0 Å². The van der Waals surface area contributed by atoms with Crippen molar-refractivity contribution < 1.29 is 9.15 Å². The molecule has 0 saturated carbocycles. The highest BCUT2D eigenvalue weighted by Crippen LogP contribution is 2.51. The number of ether oxygens (including phenoxy) is 1. The largest absolute Gasteiger partial charge is 0.457 e. The van der Waals surface area contributed by atoms with E-state index in [2.05, 4.69) is 70.4 Å². The maximum absolute atomic E-state index is 6.25. The highest BCUT2D eigenvalue weighted by atomic mass is 32.1. The van der Waals surface area contributed by atoms with Crippen LogP contribution in [0.15, 0.2) is 77.7 Å². The second-order valence-corrected chi connectivity index (χ2v) is 8.87. The first-order valence-electron chi connectivity index (χ1n) is 10.2. The van der Waals surface area contributed by atoms with E-state index in [-0.39, 0.29) is 0 Å². The maximum atomic E-state index is 6.25. The smallest absolute Gasteiger partial charge is 0.191 e. The van der Waals surface area contributed by atoms with Crippen LogP contribution in [0, 0.1) is 0 Å². The molecule has 0 amide bonds. The zero-order chi connectivity index (χ0) is 20.9. The zero-order valence-electron chi connectivity index (χ0n) is 17.4. The highest BCUT2D eigenvalue weighted by Gasteiger charge is 2.30. The quantitative estimate of drug-likeness (QED) is 0.394. The van der Waals surface area contributed by atoms with Gasteiger partial charge in [-0.15, -0.1) is 0 Å². The molecule has 2 aliphatic heterocycles. The topological polar surface area (TPSA) is 35.3 Å². The summed E-state index contributed by atoms with van der Waals surface area (Å²) in [5, 5.41) is 2.39. The molecule has 0 radical (unpaired) electrons. The second-order valence-electron chi connectivity index (χ2n) is 7.91. The molecule has 7 heteroatoms. The first-order chi connectivity index (χ1) is 15.2. The molecule has 6 rings (SSSR count). The average Bonchev–Trinajstić information content (AvgIpc) is 3.52. The Balaban J connectivity index is 1.29. The van der Waals surface area contributed by atoms with Crippen LogP contribution in [0.5, 0.6) is 11.5 Å². The summed E-state index contributed by atoms with van der Waals surface area (Å²) in [7, 11) is 4.18. The number of furan rings is 1. The molecular weight excluding hydrogens is 408 g/mol. The van der Waals surface area contributed by atoms with Crippen molar-refractivity contribution in [3.8, 4) is 11.5 Å². The van der Waals surface area contributed by atoms with Gasteiger partial charge >= 0.3 is 0 Å². The number of rotatable bonds is 4. The maximum Gasteiger partial charge on any atom is 0.191 e. The summed E-state index contributed by atoms with van der Waals surface area (Å²) in [4.78, 5) is 9.87. The van der Waals surface area contributed by atoms with Gasteiger partial charge in [-0.1, -0.05) is 23.5 Å². The van der Waals surface area contributed by atoms with Crippen molar-refractivity contribution in [1.82, 2.24) is 4.90 Å². The molecule has 0 spiro atoms. The molecule has 156 valence electrons. The lowest BCUT2D eigenvalue weighted by atomic mass is 10.2. The van der Waals surface area contributed by atoms with Gasteiger partial charge in [0, 0.05) is 50.0 Å². The normalized spacial score (nSPS) is 15.4. The molecular formula is C24H22N4O2S. The fourth-order valence-electron chi connectivity index (χ4n) is 4.15. The molecule has 2 aliphatic rings. The molecule has 4 heterocycles. The van der Waals surface area contributed by atoms with Crippen molar-refractivity contribution in [1.29, 1.82) is 0 Å². The Bertz CT molecular complexity index is 1290. The van der Waals surface area contributed by atoms with Gasteiger partial charge in [0.2, 0.25) is 0 Å². The number of fused-ring (bicyclic) bond motifs is 3. The van der Waals surface area contributed by atoms with Gasteiger partial charge in [-0.25, -0.2) is 0 Å². The van der Waals surface area contributed by atoms with E-state index < -0.39 is 0 Å². The Morgan fingerprint density at radius 3 is 2.45 bits per heavy atom. The summed E-state index contributed by atoms with van der Waals surface area (Å²) in [5.74, 6) is 1.64. The lowest BCUT2D eigenvalue weighted by Crippen LogP contribution is -2.24. The van der Waals surface area contributed by atoms with E-state index in [1.807, 2.05) is 30.3 Å². The third-order valence-corrected chi connectivity index (χ3v) is 6.84. The van der Waals surface area contributed by atoms with Crippen molar-refractivity contribution >= 4 is 43.7 Å². The second kappa shape index (κ2) is 6.99. The van der Waals surface area contributed by atoms with Crippen molar-refractivity contribution in [2.45, 2.75) is 0 Å². The highest BCUT2D eigenvalue weighted by molar-refractivity contribution is 7.23. The molecule has 0 bridgehead atoms. The monoisotopic (exact) mass is 430 g/mol. The molecule has 0 N–H and O–H groups in total. The summed E-state index contributed by atoms with van der Waals surface area (Å²) >= 11 is 1.69. The molecule has 31 heavy (non-hydrogen) atoms. The van der Waals surface area contributed by atoms with Crippen molar-refractivity contribution in [3.63, 3.8) is 0 Å². The summed E-state index contributed by atoms with van der Waals surface area (Å²) in [6.07, 6.45) is 5.91. The van der Waals surface area contributed by atoms with E-state index in [1.165, 1.54) is 10.7 Å². The molecule has 0 atom stereocenters. The van der Waals surface area contributed by atoms with Crippen molar-refractivity contribution in [2.24, 2.45) is 0 Å². The van der Waals surface area contributed by atoms with Gasteiger partial charge < -0.3 is 28.8 Å². The summed E-state index contributed by atoms with van der Waals surface area (Å²) in [6, 6.07) is 18.5. The third kappa shape index (κ3) is 3.09. The lowest BCUT2D eigenvalue weighted by Gasteiger charge is -2.21. The predicted octanol–water partition coefficient (Wildman–Crippen LogP) is 6.01. The van der Waals surface area contributed by atoms with Gasteiger partial charge in [-0.2, -0.15) is 0 Å². The first-order valence-corrected chi connectivity index (χ1v) is 11.0. The molecule has 2 aromatic carbocycles. The van der Waals surface area contributed by atoms with Crippen LogP contribution in [-0.2, 0) is 0 Å². The van der Waals surface area contributed by atoms with E-state index in [4.69, 9.17) is 9.15 Å². The minimum atomic E-state index is 0.802. The van der Waals surface area contributed by atoms with Crippen LogP contribution in [0.1, 0.15) is 0 Å². The Kier molecular flexibility index (Phi) is 4.11. The molecule has 4 aromatic rings. The minimum absolute atomic E-state index is 0.802. The van der Waals surface area contributed by atoms with E-state index >= 15 is 0 Å². The lowest BCUT2D eigenvalue weighted by molar-refractivity contribution is 0.481. The van der Waals surface area contributed by atoms with E-state index in [1.54, 1.807) is 17.6 Å². The van der Waals surface area contributed by atoms with Gasteiger partial charge in [-0.05, 0) is 30.3 Å². The Morgan fingerprint density at radius 1 is 0.903 bits per heavy atom. The number of hydrogen-bond donors (Lipinski definition) is 0. The van der Waals surface area contributed by atoms with E-state index in [0.717, 1.165) is 46.5 Å². The van der Waals surface area contributed by atoms with Crippen LogP contribution in [0.2, 0.25) is 0 Å². The van der Waals surface area contributed by atoms with Crippen LogP contribution < -0.4 is 19.4 Å². The summed E-state index contributed by atoms with van der Waals surface area (Å²) in [6.45, 7) is 1.64. The Hall–Kier alpha value is -3.58. The number of hydrogen-bond acceptors (Lipinski definition) is 7. The van der Waals surface area contributed by atoms with Gasteiger partial charge in [0.25, 0.3) is 0 Å². The van der Waals surface area contributed by atoms with Gasteiger partial charge in [0.1, 0.15) is 16.5 Å². The Labute approximate surface area is 184 Å². The predicted molar refractivity (Wildman–Crippen MR) is 127 cm³/mol. The molecule has 0 aliphatic carbocycles. The molecule has 0 saturated heterocycles. The number of benzene rings is 2. The van der Waals surface area contributed by atoms with Crippen molar-refractivity contribution in [3.05, 3.63) is 73.3 Å². The minimum Gasteiger partial charge on any atom is -0.457 e. The van der Waals surface area contributed by atoms with Crippen LogP contribution in [0.3, 0.4) is 0 Å². The standard InChI is InChI=1S/C24H22N4O2S/c1-25-10-11-27(15-25)17-5-3-7-19(13-17)30-20-8-4-6-18(14-20)28-16-26(2)23-22(28)21-9-12-29-24(21)31-23/h3-14H,15-16H2,1-2H3.